The number of rotatable bonds is 3. The molecule has 0 aliphatic rings. The highest BCUT2D eigenvalue weighted by molar-refractivity contribution is 7.18. The molecule has 0 N–H and O–H groups in total. The summed E-state index contributed by atoms with van der Waals surface area (Å²) >= 11 is 1.60. The average molecular weight is 299 g/mol. The predicted molar refractivity (Wildman–Crippen MR) is 84.2 cm³/mol. The van der Waals surface area contributed by atoms with E-state index in [-0.39, 0.29) is 5.82 Å². The maximum absolute atomic E-state index is 13.0. The van der Waals surface area contributed by atoms with Gasteiger partial charge in [0.15, 0.2) is 0 Å². The SMILES string of the molecule is COc1cccc(-c2nc(C)c(-c3ccc(F)cc3)s2)c1. The zero-order chi connectivity index (χ0) is 14.8. The van der Waals surface area contributed by atoms with E-state index in [2.05, 4.69) is 4.98 Å². The molecule has 1 heterocycles. The Labute approximate surface area is 126 Å². The Morgan fingerprint density at radius 3 is 2.52 bits per heavy atom. The minimum absolute atomic E-state index is 0.228. The Bertz CT molecular complexity index is 765. The molecule has 0 aliphatic heterocycles. The fourth-order valence-electron chi connectivity index (χ4n) is 2.15. The lowest BCUT2D eigenvalue weighted by atomic mass is 10.1. The lowest BCUT2D eigenvalue weighted by Gasteiger charge is -2.01. The largest absolute Gasteiger partial charge is 0.497 e. The summed E-state index contributed by atoms with van der Waals surface area (Å²) in [5, 5.41) is 0.936. The van der Waals surface area contributed by atoms with Crippen molar-refractivity contribution in [2.75, 3.05) is 7.11 Å². The molecule has 21 heavy (non-hydrogen) atoms. The first-order valence-electron chi connectivity index (χ1n) is 6.55. The van der Waals surface area contributed by atoms with Crippen molar-refractivity contribution in [1.82, 2.24) is 4.98 Å². The van der Waals surface area contributed by atoms with E-state index in [1.165, 1.54) is 12.1 Å². The highest BCUT2D eigenvalue weighted by atomic mass is 32.1. The smallest absolute Gasteiger partial charge is 0.124 e. The molecule has 0 saturated heterocycles. The molecule has 0 aliphatic carbocycles. The summed E-state index contributed by atoms with van der Waals surface area (Å²) in [6.07, 6.45) is 0. The molecule has 0 fully saturated rings. The van der Waals surface area contributed by atoms with E-state index in [9.17, 15) is 4.39 Å². The van der Waals surface area contributed by atoms with Crippen molar-refractivity contribution in [2.45, 2.75) is 6.92 Å². The quantitative estimate of drug-likeness (QED) is 0.684. The molecule has 106 valence electrons. The van der Waals surface area contributed by atoms with Crippen molar-refractivity contribution in [3.05, 3.63) is 60.0 Å². The van der Waals surface area contributed by atoms with Gasteiger partial charge in [0.25, 0.3) is 0 Å². The third-order valence-electron chi connectivity index (χ3n) is 3.22. The monoisotopic (exact) mass is 299 g/mol. The van der Waals surface area contributed by atoms with Gasteiger partial charge < -0.3 is 4.74 Å². The molecule has 0 atom stereocenters. The van der Waals surface area contributed by atoms with Crippen LogP contribution in [0.5, 0.6) is 5.75 Å². The van der Waals surface area contributed by atoms with Crippen molar-refractivity contribution in [1.29, 1.82) is 0 Å². The van der Waals surface area contributed by atoms with Gasteiger partial charge in [0.05, 0.1) is 17.7 Å². The number of benzene rings is 2. The number of halogens is 1. The van der Waals surface area contributed by atoms with Gasteiger partial charge in [-0.05, 0) is 36.8 Å². The lowest BCUT2D eigenvalue weighted by molar-refractivity contribution is 0.415. The maximum atomic E-state index is 13.0. The van der Waals surface area contributed by atoms with Crippen molar-refractivity contribution in [3.8, 4) is 26.8 Å². The van der Waals surface area contributed by atoms with Gasteiger partial charge in [0.1, 0.15) is 16.6 Å². The minimum atomic E-state index is -0.228. The van der Waals surface area contributed by atoms with Gasteiger partial charge in [0.2, 0.25) is 0 Å². The van der Waals surface area contributed by atoms with E-state index >= 15 is 0 Å². The summed E-state index contributed by atoms with van der Waals surface area (Å²) < 4.78 is 18.3. The van der Waals surface area contributed by atoms with Crippen molar-refractivity contribution in [3.63, 3.8) is 0 Å². The van der Waals surface area contributed by atoms with Crippen LogP contribution >= 0.6 is 11.3 Å². The molecule has 0 saturated carbocycles. The number of ether oxygens (including phenoxy) is 1. The van der Waals surface area contributed by atoms with Gasteiger partial charge in [-0.15, -0.1) is 11.3 Å². The normalized spacial score (nSPS) is 10.6. The van der Waals surface area contributed by atoms with E-state index in [1.807, 2.05) is 31.2 Å². The molecule has 4 heteroatoms. The molecule has 3 rings (SSSR count). The van der Waals surface area contributed by atoms with Gasteiger partial charge in [-0.2, -0.15) is 0 Å². The number of methoxy groups -OCH3 is 1. The maximum Gasteiger partial charge on any atom is 0.124 e. The molecule has 0 spiro atoms. The second kappa shape index (κ2) is 5.66. The average Bonchev–Trinajstić information content (AvgIpc) is 2.90. The predicted octanol–water partition coefficient (Wildman–Crippen LogP) is 4.93. The summed E-state index contributed by atoms with van der Waals surface area (Å²) in [6.45, 7) is 1.97. The highest BCUT2D eigenvalue weighted by Crippen LogP contribution is 2.36. The van der Waals surface area contributed by atoms with Crippen LogP contribution in [-0.2, 0) is 0 Å². The zero-order valence-corrected chi connectivity index (χ0v) is 12.6. The van der Waals surface area contributed by atoms with Gasteiger partial charge >= 0.3 is 0 Å². The summed E-state index contributed by atoms with van der Waals surface area (Å²) in [6, 6.07) is 14.3. The molecular formula is C17H14FNOS. The standard InChI is InChI=1S/C17H14FNOS/c1-11-16(12-6-8-14(18)9-7-12)21-17(19-11)13-4-3-5-15(10-13)20-2/h3-10H,1-2H3. The van der Waals surface area contributed by atoms with Gasteiger partial charge in [-0.1, -0.05) is 24.3 Å². The van der Waals surface area contributed by atoms with Crippen molar-refractivity contribution < 1.29 is 9.13 Å². The first-order valence-corrected chi connectivity index (χ1v) is 7.37. The van der Waals surface area contributed by atoms with Crippen LogP contribution < -0.4 is 4.74 Å². The molecule has 0 bridgehead atoms. The van der Waals surface area contributed by atoms with Crippen molar-refractivity contribution in [2.24, 2.45) is 0 Å². The molecule has 0 unspecified atom stereocenters. The highest BCUT2D eigenvalue weighted by Gasteiger charge is 2.11. The van der Waals surface area contributed by atoms with Crippen LogP contribution in [0.4, 0.5) is 4.39 Å². The summed E-state index contributed by atoms with van der Waals surface area (Å²) in [4.78, 5) is 5.69. The second-order valence-electron chi connectivity index (χ2n) is 4.67. The Morgan fingerprint density at radius 1 is 1.05 bits per heavy atom. The van der Waals surface area contributed by atoms with E-state index < -0.39 is 0 Å². The van der Waals surface area contributed by atoms with Gasteiger partial charge in [0, 0.05) is 5.56 Å². The fraction of sp³-hybridized carbons (Fsp3) is 0.118. The topological polar surface area (TPSA) is 22.1 Å². The molecule has 0 radical (unpaired) electrons. The van der Waals surface area contributed by atoms with Crippen LogP contribution in [-0.4, -0.2) is 12.1 Å². The van der Waals surface area contributed by atoms with Crippen LogP contribution in [0.3, 0.4) is 0 Å². The van der Waals surface area contributed by atoms with Crippen LogP contribution in [0.15, 0.2) is 48.5 Å². The fourth-order valence-corrected chi connectivity index (χ4v) is 3.21. The minimum Gasteiger partial charge on any atom is -0.497 e. The number of nitrogens with zero attached hydrogens (tertiary/aromatic N) is 1. The van der Waals surface area contributed by atoms with Crippen molar-refractivity contribution >= 4 is 11.3 Å². The Balaban J connectivity index is 2.02. The molecule has 3 aromatic rings. The Hall–Kier alpha value is -2.20. The number of aromatic nitrogens is 1. The molecule has 2 nitrogen and oxygen atoms in total. The number of aryl methyl sites for hydroxylation is 1. The second-order valence-corrected chi connectivity index (χ2v) is 5.67. The van der Waals surface area contributed by atoms with E-state index in [4.69, 9.17) is 4.74 Å². The van der Waals surface area contributed by atoms with Crippen LogP contribution in [0.2, 0.25) is 0 Å². The molecular weight excluding hydrogens is 285 g/mol. The first kappa shape index (κ1) is 13.8. The molecule has 2 aromatic carbocycles. The zero-order valence-electron chi connectivity index (χ0n) is 11.8. The third-order valence-corrected chi connectivity index (χ3v) is 4.48. The summed E-state index contributed by atoms with van der Waals surface area (Å²) in [7, 11) is 1.65. The number of hydrogen-bond acceptors (Lipinski definition) is 3. The Kier molecular flexibility index (Phi) is 3.71. The van der Waals surface area contributed by atoms with Crippen LogP contribution in [0.25, 0.3) is 21.0 Å². The van der Waals surface area contributed by atoms with E-state index in [1.54, 1.807) is 30.6 Å². The first-order chi connectivity index (χ1) is 10.2. The van der Waals surface area contributed by atoms with Gasteiger partial charge in [-0.3, -0.25) is 0 Å². The summed E-state index contributed by atoms with van der Waals surface area (Å²) in [5.74, 6) is 0.581. The van der Waals surface area contributed by atoms with E-state index in [0.717, 1.165) is 32.5 Å². The lowest BCUT2D eigenvalue weighted by Crippen LogP contribution is -1.83. The molecule has 0 amide bonds. The summed E-state index contributed by atoms with van der Waals surface area (Å²) in [5.41, 5.74) is 2.96. The third kappa shape index (κ3) is 2.81. The molecule has 1 aromatic heterocycles. The van der Waals surface area contributed by atoms with Gasteiger partial charge in [-0.25, -0.2) is 9.37 Å². The number of hydrogen-bond donors (Lipinski definition) is 0. The Morgan fingerprint density at radius 2 is 1.81 bits per heavy atom. The van der Waals surface area contributed by atoms with Crippen LogP contribution in [0.1, 0.15) is 5.69 Å². The number of thiazole rings is 1. The van der Waals surface area contributed by atoms with E-state index in [0.29, 0.717) is 0 Å². The van der Waals surface area contributed by atoms with Crippen LogP contribution in [0, 0.1) is 12.7 Å².